The summed E-state index contributed by atoms with van der Waals surface area (Å²) >= 11 is 1.84. The molecule has 2 nitrogen and oxygen atoms in total. The summed E-state index contributed by atoms with van der Waals surface area (Å²) < 4.78 is 2.34. The van der Waals surface area contributed by atoms with E-state index in [1.54, 1.807) is 0 Å². The van der Waals surface area contributed by atoms with Gasteiger partial charge in [0.25, 0.3) is 0 Å². The first-order valence-electron chi connectivity index (χ1n) is 6.76. The zero-order chi connectivity index (χ0) is 12.8. The van der Waals surface area contributed by atoms with Crippen LogP contribution in [0.3, 0.4) is 0 Å². The third kappa shape index (κ3) is 3.24. The number of thiophene rings is 1. The van der Waals surface area contributed by atoms with Gasteiger partial charge in [-0.2, -0.15) is 0 Å². The minimum absolute atomic E-state index is 0.481. The molecule has 0 spiro atoms. The fraction of sp³-hybridized carbons (Fsp3) is 0.467. The first-order valence-corrected chi connectivity index (χ1v) is 7.64. The van der Waals surface area contributed by atoms with Crippen molar-refractivity contribution in [3.05, 3.63) is 46.4 Å². The Morgan fingerprint density at radius 3 is 2.83 bits per heavy atom. The molecule has 2 aromatic rings. The van der Waals surface area contributed by atoms with E-state index in [0.29, 0.717) is 6.04 Å². The summed E-state index contributed by atoms with van der Waals surface area (Å²) in [6, 6.07) is 9.18. The van der Waals surface area contributed by atoms with Crippen molar-refractivity contribution in [1.82, 2.24) is 9.88 Å². The summed E-state index contributed by atoms with van der Waals surface area (Å²) in [6.07, 6.45) is 4.49. The molecule has 3 heteroatoms. The Balaban J connectivity index is 1.95. The van der Waals surface area contributed by atoms with Crippen molar-refractivity contribution in [2.24, 2.45) is 0 Å². The van der Waals surface area contributed by atoms with Gasteiger partial charge in [-0.3, -0.25) is 0 Å². The van der Waals surface area contributed by atoms with Gasteiger partial charge in [0.2, 0.25) is 0 Å². The Morgan fingerprint density at radius 1 is 1.28 bits per heavy atom. The van der Waals surface area contributed by atoms with Gasteiger partial charge < -0.3 is 9.88 Å². The molecule has 98 valence electrons. The van der Waals surface area contributed by atoms with Crippen LogP contribution in [0.2, 0.25) is 0 Å². The quantitative estimate of drug-likeness (QED) is 0.791. The van der Waals surface area contributed by atoms with Crippen LogP contribution in [0.1, 0.15) is 43.3 Å². The van der Waals surface area contributed by atoms with E-state index in [-0.39, 0.29) is 0 Å². The van der Waals surface area contributed by atoms with Gasteiger partial charge in [0.15, 0.2) is 0 Å². The SMILES string of the molecule is CCCn1cccc1CNC(CC)c1cccs1. The fourth-order valence-corrected chi connectivity index (χ4v) is 3.12. The van der Waals surface area contributed by atoms with E-state index in [0.717, 1.165) is 19.5 Å². The molecule has 0 bridgehead atoms. The highest BCUT2D eigenvalue weighted by Gasteiger charge is 2.10. The van der Waals surface area contributed by atoms with Gasteiger partial charge in [0.1, 0.15) is 0 Å². The highest BCUT2D eigenvalue weighted by Crippen LogP contribution is 2.22. The van der Waals surface area contributed by atoms with E-state index in [4.69, 9.17) is 0 Å². The molecular formula is C15H22N2S. The molecular weight excluding hydrogens is 240 g/mol. The first kappa shape index (κ1) is 13.4. The molecule has 0 saturated heterocycles. The molecule has 2 rings (SSSR count). The minimum Gasteiger partial charge on any atom is -0.350 e. The monoisotopic (exact) mass is 262 g/mol. The lowest BCUT2D eigenvalue weighted by molar-refractivity contribution is 0.506. The minimum atomic E-state index is 0.481. The summed E-state index contributed by atoms with van der Waals surface area (Å²) in [6.45, 7) is 6.52. The zero-order valence-electron chi connectivity index (χ0n) is 11.2. The number of aromatic nitrogens is 1. The van der Waals surface area contributed by atoms with Crippen LogP contribution in [-0.2, 0) is 13.1 Å². The summed E-state index contributed by atoms with van der Waals surface area (Å²) in [5.41, 5.74) is 1.38. The highest BCUT2D eigenvalue weighted by molar-refractivity contribution is 7.10. The molecule has 0 amide bonds. The van der Waals surface area contributed by atoms with Crippen molar-refractivity contribution in [3.63, 3.8) is 0 Å². The van der Waals surface area contributed by atoms with Crippen LogP contribution in [-0.4, -0.2) is 4.57 Å². The smallest absolute Gasteiger partial charge is 0.0415 e. The summed E-state index contributed by atoms with van der Waals surface area (Å²) in [5, 5.41) is 5.81. The Hall–Kier alpha value is -1.06. The molecule has 1 N–H and O–H groups in total. The number of rotatable bonds is 7. The number of hydrogen-bond acceptors (Lipinski definition) is 2. The first-order chi connectivity index (χ1) is 8.85. The van der Waals surface area contributed by atoms with Gasteiger partial charge >= 0.3 is 0 Å². The van der Waals surface area contributed by atoms with Crippen LogP contribution in [0, 0.1) is 0 Å². The summed E-state index contributed by atoms with van der Waals surface area (Å²) in [4.78, 5) is 1.44. The van der Waals surface area contributed by atoms with Crippen LogP contribution >= 0.6 is 11.3 Å². The number of aryl methyl sites for hydroxylation is 1. The average molecular weight is 262 g/mol. The maximum atomic E-state index is 3.66. The van der Waals surface area contributed by atoms with Crippen molar-refractivity contribution in [2.45, 2.75) is 45.8 Å². The molecule has 18 heavy (non-hydrogen) atoms. The van der Waals surface area contributed by atoms with Crippen molar-refractivity contribution in [2.75, 3.05) is 0 Å². The maximum absolute atomic E-state index is 3.66. The van der Waals surface area contributed by atoms with Gasteiger partial charge in [-0.25, -0.2) is 0 Å². The Kier molecular flexibility index (Phi) is 5.02. The van der Waals surface area contributed by atoms with E-state index in [2.05, 4.69) is 59.6 Å². The summed E-state index contributed by atoms with van der Waals surface area (Å²) in [5.74, 6) is 0. The molecule has 0 radical (unpaired) electrons. The van der Waals surface area contributed by atoms with Crippen LogP contribution in [0.25, 0.3) is 0 Å². The lowest BCUT2D eigenvalue weighted by atomic mass is 10.2. The van der Waals surface area contributed by atoms with Crippen molar-refractivity contribution < 1.29 is 0 Å². The normalized spacial score (nSPS) is 12.8. The maximum Gasteiger partial charge on any atom is 0.0415 e. The predicted octanol–water partition coefficient (Wildman–Crippen LogP) is 4.20. The predicted molar refractivity (Wildman–Crippen MR) is 78.9 cm³/mol. The van der Waals surface area contributed by atoms with Gasteiger partial charge in [-0.05, 0) is 36.4 Å². The van der Waals surface area contributed by atoms with Crippen LogP contribution < -0.4 is 5.32 Å². The Labute approximate surface area is 114 Å². The van der Waals surface area contributed by atoms with E-state index in [1.165, 1.54) is 17.0 Å². The molecule has 0 aliphatic heterocycles. The third-order valence-electron chi connectivity index (χ3n) is 3.21. The van der Waals surface area contributed by atoms with E-state index >= 15 is 0 Å². The van der Waals surface area contributed by atoms with Crippen molar-refractivity contribution in [3.8, 4) is 0 Å². The number of hydrogen-bond donors (Lipinski definition) is 1. The van der Waals surface area contributed by atoms with Gasteiger partial charge in [0.05, 0.1) is 0 Å². The standard InChI is InChI=1S/C15H22N2S/c1-3-9-17-10-5-7-13(17)12-16-14(4-2)15-8-6-11-18-15/h5-8,10-11,14,16H,3-4,9,12H2,1-2H3. The molecule has 0 aliphatic carbocycles. The molecule has 0 saturated carbocycles. The molecule has 0 fully saturated rings. The Morgan fingerprint density at radius 2 is 2.17 bits per heavy atom. The second-order valence-corrected chi connectivity index (χ2v) is 5.53. The topological polar surface area (TPSA) is 17.0 Å². The molecule has 1 unspecified atom stereocenters. The fourth-order valence-electron chi connectivity index (χ4n) is 2.23. The second kappa shape index (κ2) is 6.76. The largest absolute Gasteiger partial charge is 0.350 e. The van der Waals surface area contributed by atoms with Gasteiger partial charge in [0, 0.05) is 35.9 Å². The molecule has 2 heterocycles. The van der Waals surface area contributed by atoms with Crippen LogP contribution in [0.4, 0.5) is 0 Å². The lowest BCUT2D eigenvalue weighted by Crippen LogP contribution is -2.21. The van der Waals surface area contributed by atoms with E-state index < -0.39 is 0 Å². The number of nitrogens with one attached hydrogen (secondary N) is 1. The van der Waals surface area contributed by atoms with Gasteiger partial charge in [-0.15, -0.1) is 11.3 Å². The Bertz CT molecular complexity index is 445. The summed E-state index contributed by atoms with van der Waals surface area (Å²) in [7, 11) is 0. The lowest BCUT2D eigenvalue weighted by Gasteiger charge is -2.16. The van der Waals surface area contributed by atoms with E-state index in [1.807, 2.05) is 11.3 Å². The second-order valence-electron chi connectivity index (χ2n) is 4.55. The average Bonchev–Trinajstić information content (AvgIpc) is 3.03. The van der Waals surface area contributed by atoms with Crippen LogP contribution in [0.15, 0.2) is 35.8 Å². The highest BCUT2D eigenvalue weighted by atomic mass is 32.1. The van der Waals surface area contributed by atoms with Crippen LogP contribution in [0.5, 0.6) is 0 Å². The number of nitrogens with zero attached hydrogens (tertiary/aromatic N) is 1. The van der Waals surface area contributed by atoms with Crippen molar-refractivity contribution in [1.29, 1.82) is 0 Å². The zero-order valence-corrected chi connectivity index (χ0v) is 12.0. The molecule has 0 aliphatic rings. The third-order valence-corrected chi connectivity index (χ3v) is 4.20. The molecule has 1 atom stereocenters. The van der Waals surface area contributed by atoms with E-state index in [9.17, 15) is 0 Å². The van der Waals surface area contributed by atoms with Gasteiger partial charge in [-0.1, -0.05) is 19.9 Å². The molecule has 0 aromatic carbocycles. The molecule has 2 aromatic heterocycles. The van der Waals surface area contributed by atoms with Crippen molar-refractivity contribution >= 4 is 11.3 Å².